The Morgan fingerprint density at radius 1 is 1.28 bits per heavy atom. The van der Waals surface area contributed by atoms with E-state index in [1.54, 1.807) is 6.20 Å². The first kappa shape index (κ1) is 12.9. The van der Waals surface area contributed by atoms with Gasteiger partial charge in [0.25, 0.3) is 0 Å². The number of alkyl halides is 1. The zero-order valence-corrected chi connectivity index (χ0v) is 11.5. The van der Waals surface area contributed by atoms with Crippen molar-refractivity contribution in [2.24, 2.45) is 0 Å². The normalized spacial score (nSPS) is 10.4. The van der Waals surface area contributed by atoms with Gasteiger partial charge in [0.05, 0.1) is 0 Å². The molecule has 0 unspecified atom stereocenters. The van der Waals surface area contributed by atoms with Gasteiger partial charge in [-0.3, -0.25) is 4.98 Å². The molecule has 18 heavy (non-hydrogen) atoms. The minimum Gasteiger partial charge on any atom is -0.370 e. The van der Waals surface area contributed by atoms with Gasteiger partial charge in [0.15, 0.2) is 0 Å². The molecule has 94 valence electrons. The lowest BCUT2D eigenvalue weighted by Gasteiger charge is -2.20. The molecule has 1 aromatic carbocycles. The van der Waals surface area contributed by atoms with Crippen LogP contribution in [0.25, 0.3) is 0 Å². The zero-order chi connectivity index (χ0) is 13.0. The number of nitrogens with zero attached hydrogens (tertiary/aromatic N) is 2. The molecule has 2 nitrogen and oxygen atoms in total. The smallest absolute Gasteiger partial charge is 0.0476 e. The average Bonchev–Trinajstić information content (AvgIpc) is 2.39. The van der Waals surface area contributed by atoms with Crippen LogP contribution in [-0.2, 0) is 12.4 Å². The van der Waals surface area contributed by atoms with Gasteiger partial charge >= 0.3 is 0 Å². The van der Waals surface area contributed by atoms with E-state index in [4.69, 9.17) is 11.6 Å². The van der Waals surface area contributed by atoms with Crippen LogP contribution < -0.4 is 4.90 Å². The van der Waals surface area contributed by atoms with Crippen molar-refractivity contribution >= 4 is 17.3 Å². The highest BCUT2D eigenvalue weighted by Crippen LogP contribution is 2.20. The number of rotatable bonds is 4. The maximum absolute atomic E-state index is 5.87. The molecule has 0 fully saturated rings. The Balaban J connectivity index is 2.14. The summed E-state index contributed by atoms with van der Waals surface area (Å²) in [7, 11) is 2.09. The molecule has 0 aliphatic carbocycles. The third-order valence-corrected chi connectivity index (χ3v) is 3.34. The molecule has 2 aromatic rings. The maximum atomic E-state index is 5.87. The van der Waals surface area contributed by atoms with E-state index in [2.05, 4.69) is 48.1 Å². The molecule has 2 rings (SSSR count). The minimum atomic E-state index is 0.568. The molecule has 0 atom stereocenters. The lowest BCUT2D eigenvalue weighted by atomic mass is 10.1. The fourth-order valence-corrected chi connectivity index (χ4v) is 2.22. The van der Waals surface area contributed by atoms with Gasteiger partial charge in [0, 0.05) is 37.6 Å². The lowest BCUT2D eigenvalue weighted by Crippen LogP contribution is -2.16. The standard InChI is InChI=1S/C15H17ClN2/c1-12-8-15(6-5-14(12)9-16)18(2)11-13-4-3-7-17-10-13/h3-8,10H,9,11H2,1-2H3. The molecule has 1 aromatic heterocycles. The zero-order valence-electron chi connectivity index (χ0n) is 10.7. The Bertz CT molecular complexity index is 511. The minimum absolute atomic E-state index is 0.568. The van der Waals surface area contributed by atoms with Gasteiger partial charge in [0.2, 0.25) is 0 Å². The van der Waals surface area contributed by atoms with Crippen molar-refractivity contribution in [3.63, 3.8) is 0 Å². The number of benzene rings is 1. The van der Waals surface area contributed by atoms with Gasteiger partial charge in [-0.25, -0.2) is 0 Å². The van der Waals surface area contributed by atoms with E-state index in [-0.39, 0.29) is 0 Å². The van der Waals surface area contributed by atoms with E-state index in [1.165, 1.54) is 22.4 Å². The Hall–Kier alpha value is -1.54. The molecule has 0 radical (unpaired) electrons. The van der Waals surface area contributed by atoms with Crippen molar-refractivity contribution in [2.45, 2.75) is 19.3 Å². The van der Waals surface area contributed by atoms with Gasteiger partial charge in [-0.15, -0.1) is 11.6 Å². The summed E-state index contributed by atoms with van der Waals surface area (Å²) >= 11 is 5.87. The summed E-state index contributed by atoms with van der Waals surface area (Å²) in [5.74, 6) is 0.568. The van der Waals surface area contributed by atoms with Gasteiger partial charge in [-0.2, -0.15) is 0 Å². The highest BCUT2D eigenvalue weighted by molar-refractivity contribution is 6.17. The fourth-order valence-electron chi connectivity index (χ4n) is 1.92. The summed E-state index contributed by atoms with van der Waals surface area (Å²) < 4.78 is 0. The van der Waals surface area contributed by atoms with Crippen LogP contribution in [0.2, 0.25) is 0 Å². The molecule has 3 heteroatoms. The summed E-state index contributed by atoms with van der Waals surface area (Å²) in [4.78, 5) is 6.34. The van der Waals surface area contributed by atoms with E-state index in [9.17, 15) is 0 Å². The second kappa shape index (κ2) is 5.87. The highest BCUT2D eigenvalue weighted by Gasteiger charge is 2.04. The fraction of sp³-hybridized carbons (Fsp3) is 0.267. The molecular formula is C15H17ClN2. The quantitative estimate of drug-likeness (QED) is 0.778. The van der Waals surface area contributed by atoms with Crippen LogP contribution in [0.4, 0.5) is 5.69 Å². The van der Waals surface area contributed by atoms with Crippen LogP contribution in [0.5, 0.6) is 0 Å². The second-order valence-corrected chi connectivity index (χ2v) is 4.73. The van der Waals surface area contributed by atoms with E-state index < -0.39 is 0 Å². The summed E-state index contributed by atoms with van der Waals surface area (Å²) in [5.41, 5.74) is 4.83. The monoisotopic (exact) mass is 260 g/mol. The van der Waals surface area contributed by atoms with E-state index in [1.807, 2.05) is 12.3 Å². The Morgan fingerprint density at radius 3 is 2.72 bits per heavy atom. The van der Waals surface area contributed by atoms with Crippen LogP contribution in [0.15, 0.2) is 42.7 Å². The van der Waals surface area contributed by atoms with Gasteiger partial charge < -0.3 is 4.90 Å². The molecule has 0 aliphatic rings. The van der Waals surface area contributed by atoms with Crippen molar-refractivity contribution < 1.29 is 0 Å². The predicted octanol–water partition coefficient (Wildman–Crippen LogP) is 3.77. The number of halogens is 1. The van der Waals surface area contributed by atoms with Crippen LogP contribution in [0.1, 0.15) is 16.7 Å². The third kappa shape index (κ3) is 3.02. The lowest BCUT2D eigenvalue weighted by molar-refractivity contribution is 0.913. The molecule has 0 N–H and O–H groups in total. The van der Waals surface area contributed by atoms with Gasteiger partial charge in [0.1, 0.15) is 0 Å². The molecular weight excluding hydrogens is 244 g/mol. The van der Waals surface area contributed by atoms with Crippen LogP contribution >= 0.6 is 11.6 Å². The van der Waals surface area contributed by atoms with Crippen LogP contribution in [0, 0.1) is 6.92 Å². The topological polar surface area (TPSA) is 16.1 Å². The molecule has 0 spiro atoms. The number of anilines is 1. The summed E-state index contributed by atoms with van der Waals surface area (Å²) in [6, 6.07) is 10.4. The SMILES string of the molecule is Cc1cc(N(C)Cc2cccnc2)ccc1CCl. The predicted molar refractivity (Wildman–Crippen MR) is 77.1 cm³/mol. The second-order valence-electron chi connectivity index (χ2n) is 4.46. The average molecular weight is 261 g/mol. The summed E-state index contributed by atoms with van der Waals surface area (Å²) in [6.45, 7) is 2.95. The van der Waals surface area contributed by atoms with E-state index in [0.717, 1.165) is 6.54 Å². The maximum Gasteiger partial charge on any atom is 0.0476 e. The largest absolute Gasteiger partial charge is 0.370 e. The molecule has 0 saturated carbocycles. The van der Waals surface area contributed by atoms with Crippen molar-refractivity contribution in [1.29, 1.82) is 0 Å². The molecule has 0 aliphatic heterocycles. The van der Waals surface area contributed by atoms with Crippen molar-refractivity contribution in [2.75, 3.05) is 11.9 Å². The molecule has 0 bridgehead atoms. The van der Waals surface area contributed by atoms with Crippen LogP contribution in [0.3, 0.4) is 0 Å². The number of hydrogen-bond acceptors (Lipinski definition) is 2. The van der Waals surface area contributed by atoms with Gasteiger partial charge in [-0.05, 0) is 41.8 Å². The first-order chi connectivity index (χ1) is 8.70. The number of pyridine rings is 1. The summed E-state index contributed by atoms with van der Waals surface area (Å²) in [6.07, 6.45) is 3.69. The highest BCUT2D eigenvalue weighted by atomic mass is 35.5. The number of hydrogen-bond donors (Lipinski definition) is 0. The van der Waals surface area contributed by atoms with E-state index >= 15 is 0 Å². The first-order valence-electron chi connectivity index (χ1n) is 5.96. The Morgan fingerprint density at radius 2 is 2.11 bits per heavy atom. The first-order valence-corrected chi connectivity index (χ1v) is 6.49. The third-order valence-electron chi connectivity index (χ3n) is 3.05. The van der Waals surface area contributed by atoms with Crippen molar-refractivity contribution in [1.82, 2.24) is 4.98 Å². The Labute approximate surface area is 113 Å². The van der Waals surface area contributed by atoms with Crippen molar-refractivity contribution in [3.8, 4) is 0 Å². The number of aryl methyl sites for hydroxylation is 1. The number of aromatic nitrogens is 1. The van der Waals surface area contributed by atoms with Crippen molar-refractivity contribution in [3.05, 3.63) is 59.4 Å². The van der Waals surface area contributed by atoms with Crippen LogP contribution in [-0.4, -0.2) is 12.0 Å². The van der Waals surface area contributed by atoms with E-state index in [0.29, 0.717) is 5.88 Å². The molecule has 0 amide bonds. The van der Waals surface area contributed by atoms with Gasteiger partial charge in [-0.1, -0.05) is 12.1 Å². The molecule has 1 heterocycles. The summed E-state index contributed by atoms with van der Waals surface area (Å²) in [5, 5.41) is 0. The Kier molecular flexibility index (Phi) is 4.21. The molecule has 0 saturated heterocycles.